The standard InChI is InChI=1S/C26H23NO2/c1-16-21(28)14-19-22(17-10-6-4-7-11-17)24(18-12-8-5-9-13-18)27-20-15-26(2,3)29-25(16)23(19)20/h4-14,28H,15H2,1-3H3. The molecule has 0 aliphatic carbocycles. The number of benzene rings is 3. The molecular formula is C26H23NO2. The van der Waals surface area contributed by atoms with Crippen molar-refractivity contribution in [2.45, 2.75) is 32.8 Å². The Labute approximate surface area is 170 Å². The zero-order valence-electron chi connectivity index (χ0n) is 16.9. The molecule has 0 saturated carbocycles. The van der Waals surface area contributed by atoms with E-state index >= 15 is 0 Å². The molecule has 0 unspecified atom stereocenters. The van der Waals surface area contributed by atoms with Crippen molar-refractivity contribution in [1.29, 1.82) is 0 Å². The van der Waals surface area contributed by atoms with E-state index in [1.165, 1.54) is 0 Å². The average molecular weight is 381 g/mol. The van der Waals surface area contributed by atoms with Crippen molar-refractivity contribution in [3.63, 3.8) is 0 Å². The minimum Gasteiger partial charge on any atom is -0.508 e. The van der Waals surface area contributed by atoms with Crippen LogP contribution in [0.5, 0.6) is 11.5 Å². The summed E-state index contributed by atoms with van der Waals surface area (Å²) in [7, 11) is 0. The van der Waals surface area contributed by atoms with Crippen LogP contribution in [-0.2, 0) is 6.42 Å². The molecule has 5 rings (SSSR count). The van der Waals surface area contributed by atoms with Crippen molar-refractivity contribution < 1.29 is 9.84 Å². The molecule has 1 aliphatic rings. The van der Waals surface area contributed by atoms with Gasteiger partial charge in [0.25, 0.3) is 0 Å². The van der Waals surface area contributed by atoms with Gasteiger partial charge >= 0.3 is 0 Å². The minimum absolute atomic E-state index is 0.249. The molecule has 0 radical (unpaired) electrons. The van der Waals surface area contributed by atoms with Gasteiger partial charge in [0.1, 0.15) is 17.1 Å². The summed E-state index contributed by atoms with van der Waals surface area (Å²) < 4.78 is 6.34. The largest absolute Gasteiger partial charge is 0.508 e. The molecule has 1 aliphatic heterocycles. The van der Waals surface area contributed by atoms with E-state index in [0.29, 0.717) is 0 Å². The van der Waals surface area contributed by atoms with Crippen LogP contribution in [-0.4, -0.2) is 15.7 Å². The highest BCUT2D eigenvalue weighted by atomic mass is 16.5. The van der Waals surface area contributed by atoms with Crippen LogP contribution in [0, 0.1) is 6.92 Å². The van der Waals surface area contributed by atoms with E-state index in [2.05, 4.69) is 38.1 Å². The number of hydrogen-bond acceptors (Lipinski definition) is 3. The fourth-order valence-corrected chi connectivity index (χ4v) is 4.27. The van der Waals surface area contributed by atoms with E-state index in [9.17, 15) is 5.11 Å². The average Bonchev–Trinajstić information content (AvgIpc) is 2.72. The van der Waals surface area contributed by atoms with E-state index in [1.54, 1.807) is 0 Å². The molecule has 0 amide bonds. The van der Waals surface area contributed by atoms with Crippen molar-refractivity contribution in [1.82, 2.24) is 4.98 Å². The maximum atomic E-state index is 10.7. The first-order chi connectivity index (χ1) is 13.9. The van der Waals surface area contributed by atoms with Crippen molar-refractivity contribution in [2.75, 3.05) is 0 Å². The lowest BCUT2D eigenvalue weighted by Gasteiger charge is -2.34. The summed E-state index contributed by atoms with van der Waals surface area (Å²) in [4.78, 5) is 5.18. The third-order valence-corrected chi connectivity index (χ3v) is 5.62. The first-order valence-electron chi connectivity index (χ1n) is 9.93. The lowest BCUT2D eigenvalue weighted by atomic mass is 9.87. The van der Waals surface area contributed by atoms with Gasteiger partial charge in [0.2, 0.25) is 0 Å². The number of rotatable bonds is 2. The highest BCUT2D eigenvalue weighted by molar-refractivity contribution is 6.07. The van der Waals surface area contributed by atoms with Crippen molar-refractivity contribution in [3.8, 4) is 33.9 Å². The van der Waals surface area contributed by atoms with Crippen molar-refractivity contribution in [3.05, 3.63) is 78.0 Å². The first kappa shape index (κ1) is 17.7. The Hall–Kier alpha value is -3.33. The summed E-state index contributed by atoms with van der Waals surface area (Å²) in [5, 5.41) is 12.7. The molecule has 0 atom stereocenters. The summed E-state index contributed by atoms with van der Waals surface area (Å²) in [6.45, 7) is 6.04. The highest BCUT2D eigenvalue weighted by Crippen LogP contribution is 2.48. The Morgan fingerprint density at radius 1 is 0.931 bits per heavy atom. The molecular weight excluding hydrogens is 358 g/mol. The van der Waals surface area contributed by atoms with Crippen LogP contribution < -0.4 is 4.74 Å². The van der Waals surface area contributed by atoms with Crippen LogP contribution in [0.2, 0.25) is 0 Å². The Balaban J connectivity index is 1.97. The molecule has 0 saturated heterocycles. The van der Waals surface area contributed by atoms with Gasteiger partial charge in [-0.2, -0.15) is 0 Å². The van der Waals surface area contributed by atoms with E-state index in [0.717, 1.165) is 56.6 Å². The quantitative estimate of drug-likeness (QED) is 0.443. The van der Waals surface area contributed by atoms with Gasteiger partial charge in [-0.05, 0) is 32.4 Å². The monoisotopic (exact) mass is 381 g/mol. The second-order valence-corrected chi connectivity index (χ2v) is 8.33. The number of aromatic hydroxyl groups is 1. The molecule has 3 nitrogen and oxygen atoms in total. The SMILES string of the molecule is Cc1c(O)cc2c(-c3ccccc3)c(-c3ccccc3)nc3c2c1OC(C)(C)C3. The van der Waals surface area contributed by atoms with E-state index in [-0.39, 0.29) is 11.4 Å². The second-order valence-electron chi connectivity index (χ2n) is 8.33. The van der Waals surface area contributed by atoms with E-state index < -0.39 is 0 Å². The second kappa shape index (κ2) is 6.35. The fraction of sp³-hybridized carbons (Fsp3) is 0.192. The molecule has 29 heavy (non-hydrogen) atoms. The van der Waals surface area contributed by atoms with Gasteiger partial charge in [0.15, 0.2) is 0 Å². The summed E-state index contributed by atoms with van der Waals surface area (Å²) in [6, 6.07) is 22.4. The van der Waals surface area contributed by atoms with E-state index in [1.807, 2.05) is 49.4 Å². The van der Waals surface area contributed by atoms with Gasteiger partial charge in [0, 0.05) is 33.9 Å². The number of hydrogen-bond donors (Lipinski definition) is 1. The maximum absolute atomic E-state index is 10.7. The molecule has 0 spiro atoms. The topological polar surface area (TPSA) is 42.4 Å². The number of ether oxygens (including phenoxy) is 1. The van der Waals surface area contributed by atoms with Gasteiger partial charge in [-0.25, -0.2) is 0 Å². The van der Waals surface area contributed by atoms with Crippen LogP contribution in [0.4, 0.5) is 0 Å². The van der Waals surface area contributed by atoms with Crippen molar-refractivity contribution in [2.24, 2.45) is 0 Å². The predicted octanol–water partition coefficient (Wildman–Crippen LogP) is 6.30. The van der Waals surface area contributed by atoms with Gasteiger partial charge < -0.3 is 9.84 Å². The first-order valence-corrected chi connectivity index (χ1v) is 9.93. The van der Waals surface area contributed by atoms with Crippen LogP contribution in [0.25, 0.3) is 33.2 Å². The molecule has 3 heteroatoms. The van der Waals surface area contributed by atoms with Gasteiger partial charge in [-0.1, -0.05) is 60.7 Å². The normalized spacial score (nSPS) is 14.6. The fourth-order valence-electron chi connectivity index (χ4n) is 4.27. The Kier molecular flexibility index (Phi) is 3.88. The van der Waals surface area contributed by atoms with Crippen LogP contribution in [0.1, 0.15) is 25.1 Å². The third kappa shape index (κ3) is 2.85. The molecule has 0 bridgehead atoms. The summed E-state index contributed by atoms with van der Waals surface area (Å²) in [5.74, 6) is 0.995. The number of phenols is 1. The Morgan fingerprint density at radius 2 is 1.55 bits per heavy atom. The Morgan fingerprint density at radius 3 is 2.21 bits per heavy atom. The lowest BCUT2D eigenvalue weighted by Crippen LogP contribution is -2.34. The number of phenolic OH excluding ortho intramolecular Hbond substituents is 1. The number of nitrogens with zero attached hydrogens (tertiary/aromatic N) is 1. The third-order valence-electron chi connectivity index (χ3n) is 5.62. The molecule has 0 fully saturated rings. The summed E-state index contributed by atoms with van der Waals surface area (Å²) >= 11 is 0. The number of aromatic nitrogens is 1. The van der Waals surface area contributed by atoms with Gasteiger partial charge in [0.05, 0.1) is 11.4 Å². The van der Waals surface area contributed by atoms with Crippen LogP contribution in [0.15, 0.2) is 66.7 Å². The molecule has 1 aromatic heterocycles. The number of pyridine rings is 1. The smallest absolute Gasteiger partial charge is 0.136 e. The molecule has 2 heterocycles. The van der Waals surface area contributed by atoms with Crippen molar-refractivity contribution >= 4 is 10.8 Å². The molecule has 4 aromatic rings. The van der Waals surface area contributed by atoms with Crippen LogP contribution >= 0.6 is 0 Å². The molecule has 3 aromatic carbocycles. The molecule has 144 valence electrons. The zero-order chi connectivity index (χ0) is 20.2. The maximum Gasteiger partial charge on any atom is 0.136 e. The van der Waals surface area contributed by atoms with E-state index in [4.69, 9.17) is 9.72 Å². The van der Waals surface area contributed by atoms with Gasteiger partial charge in [-0.15, -0.1) is 0 Å². The lowest BCUT2D eigenvalue weighted by molar-refractivity contribution is 0.104. The predicted molar refractivity (Wildman–Crippen MR) is 117 cm³/mol. The zero-order valence-corrected chi connectivity index (χ0v) is 16.9. The minimum atomic E-state index is -0.381. The summed E-state index contributed by atoms with van der Waals surface area (Å²) in [6.07, 6.45) is 0.718. The Bertz CT molecular complexity index is 1230. The highest BCUT2D eigenvalue weighted by Gasteiger charge is 2.33. The molecule has 1 N–H and O–H groups in total. The van der Waals surface area contributed by atoms with Gasteiger partial charge in [-0.3, -0.25) is 4.98 Å². The van der Waals surface area contributed by atoms with Crippen LogP contribution in [0.3, 0.4) is 0 Å². The summed E-state index contributed by atoms with van der Waals surface area (Å²) in [5.41, 5.74) is 5.50.